The van der Waals surface area contributed by atoms with E-state index in [0.717, 1.165) is 19.3 Å². The third kappa shape index (κ3) is 6.36. The molecule has 206 valence electrons. The number of carbonyl (C=O) groups is 3. The maximum Gasteiger partial charge on any atom is 0.471 e. The fraction of sp³-hybridized carbons (Fsp3) is 0.875. The highest BCUT2D eigenvalue weighted by molar-refractivity contribution is 7.99. The summed E-state index contributed by atoms with van der Waals surface area (Å²) in [4.78, 5) is 36.9. The molecule has 0 aromatic heterocycles. The van der Waals surface area contributed by atoms with Crippen molar-refractivity contribution in [1.82, 2.24) is 10.6 Å². The lowest BCUT2D eigenvalue weighted by atomic mass is 9.64. The number of methoxy groups -OCH3 is 3. The second-order valence-corrected chi connectivity index (χ2v) is 11.0. The van der Waals surface area contributed by atoms with Crippen molar-refractivity contribution in [3.05, 3.63) is 0 Å². The van der Waals surface area contributed by atoms with Crippen LogP contribution in [0, 0.1) is 23.7 Å². The van der Waals surface area contributed by atoms with Crippen LogP contribution in [-0.4, -0.2) is 87.5 Å². The standard InChI is InChI=1S/C24H37F3N2O6S/c1-33-17-9-12-5-7-15(29-19(31)11-28-23(32)24(25,26)27)14-10-16(30)18(36-4)8-6-13(14)20(12)22(35-3)21(17)34-2/h12-15,17-18,20-22H,5-11H2,1-4H3,(H,28,32)(H,29,31)/t12?,13?,14?,15-,17?,18?,20?,21?,22?/m0/s1. The number of ketones is 1. The zero-order valence-corrected chi connectivity index (χ0v) is 22.0. The van der Waals surface area contributed by atoms with Crippen molar-refractivity contribution in [3.63, 3.8) is 0 Å². The molecule has 8 nitrogen and oxygen atoms in total. The van der Waals surface area contributed by atoms with E-state index in [1.165, 1.54) is 11.8 Å². The molecule has 3 rings (SSSR count). The van der Waals surface area contributed by atoms with Crippen LogP contribution in [0.15, 0.2) is 0 Å². The lowest BCUT2D eigenvalue weighted by Crippen LogP contribution is -2.56. The summed E-state index contributed by atoms with van der Waals surface area (Å²) in [5, 5.41) is 4.35. The Hall–Kier alpha value is -1.37. The van der Waals surface area contributed by atoms with E-state index < -0.39 is 30.6 Å². The number of halogens is 3. The van der Waals surface area contributed by atoms with Crippen molar-refractivity contribution >= 4 is 29.4 Å². The van der Waals surface area contributed by atoms with Crippen molar-refractivity contribution in [2.75, 3.05) is 34.1 Å². The summed E-state index contributed by atoms with van der Waals surface area (Å²) < 4.78 is 55.2. The Morgan fingerprint density at radius 3 is 2.28 bits per heavy atom. The summed E-state index contributed by atoms with van der Waals surface area (Å²) in [5.74, 6) is -2.58. The van der Waals surface area contributed by atoms with E-state index in [4.69, 9.17) is 14.2 Å². The van der Waals surface area contributed by atoms with E-state index in [1.807, 2.05) is 6.26 Å². The quantitative estimate of drug-likeness (QED) is 0.513. The van der Waals surface area contributed by atoms with Gasteiger partial charge in [0.25, 0.3) is 0 Å². The summed E-state index contributed by atoms with van der Waals surface area (Å²) in [6.07, 6.45) is 0.00135. The normalized spacial score (nSPS) is 37.2. The maximum absolute atomic E-state index is 13.1. The maximum atomic E-state index is 13.1. The molecule has 0 saturated heterocycles. The second-order valence-electron chi connectivity index (χ2n) is 9.98. The molecule has 3 aliphatic carbocycles. The molecule has 12 heteroatoms. The van der Waals surface area contributed by atoms with Crippen LogP contribution in [0.1, 0.15) is 38.5 Å². The highest BCUT2D eigenvalue weighted by Crippen LogP contribution is 2.51. The number of rotatable bonds is 7. The Morgan fingerprint density at radius 1 is 1.00 bits per heavy atom. The minimum atomic E-state index is -5.06. The van der Waals surface area contributed by atoms with E-state index in [2.05, 4.69) is 5.32 Å². The van der Waals surface area contributed by atoms with E-state index >= 15 is 0 Å². The van der Waals surface area contributed by atoms with Gasteiger partial charge in [0, 0.05) is 33.8 Å². The Bertz CT molecular complexity index is 800. The summed E-state index contributed by atoms with van der Waals surface area (Å²) in [6.45, 7) is -0.779. The molecule has 3 fully saturated rings. The first kappa shape index (κ1) is 29.2. The van der Waals surface area contributed by atoms with Crippen molar-refractivity contribution in [2.45, 2.75) is 74.3 Å². The molecule has 0 aromatic carbocycles. The van der Waals surface area contributed by atoms with Crippen LogP contribution < -0.4 is 10.6 Å². The van der Waals surface area contributed by atoms with Gasteiger partial charge in [-0.05, 0) is 62.0 Å². The van der Waals surface area contributed by atoms with E-state index in [9.17, 15) is 27.6 Å². The molecule has 0 spiro atoms. The Morgan fingerprint density at radius 2 is 1.69 bits per heavy atom. The summed E-state index contributed by atoms with van der Waals surface area (Å²) in [5.41, 5.74) is 0. The molecule has 0 aromatic rings. The van der Waals surface area contributed by atoms with E-state index in [1.54, 1.807) is 26.6 Å². The number of thioether (sulfide) groups is 1. The summed E-state index contributed by atoms with van der Waals surface area (Å²) >= 11 is 1.52. The van der Waals surface area contributed by atoms with Crippen LogP contribution in [0.2, 0.25) is 0 Å². The number of hydrogen-bond donors (Lipinski definition) is 2. The third-order valence-electron chi connectivity index (χ3n) is 8.26. The minimum absolute atomic E-state index is 0.0501. The molecule has 0 aliphatic heterocycles. The van der Waals surface area contributed by atoms with Crippen LogP contribution in [0.5, 0.6) is 0 Å². The molecule has 8 unspecified atom stereocenters. The van der Waals surface area contributed by atoms with Crippen LogP contribution in [0.25, 0.3) is 0 Å². The van der Waals surface area contributed by atoms with Gasteiger partial charge in [-0.2, -0.15) is 24.9 Å². The number of ether oxygens (including phenoxy) is 3. The van der Waals surface area contributed by atoms with Gasteiger partial charge in [0.05, 0.1) is 24.0 Å². The van der Waals surface area contributed by atoms with Gasteiger partial charge in [-0.15, -0.1) is 0 Å². The van der Waals surface area contributed by atoms with Crippen molar-refractivity contribution in [3.8, 4) is 0 Å². The Labute approximate surface area is 214 Å². The molecule has 36 heavy (non-hydrogen) atoms. The molecule has 2 amide bonds. The van der Waals surface area contributed by atoms with Crippen molar-refractivity contribution in [2.24, 2.45) is 23.7 Å². The second kappa shape index (κ2) is 12.4. The van der Waals surface area contributed by atoms with Crippen LogP contribution in [-0.2, 0) is 28.6 Å². The number of alkyl halides is 3. The number of carbonyl (C=O) groups excluding carboxylic acids is 3. The van der Waals surface area contributed by atoms with Gasteiger partial charge < -0.3 is 24.8 Å². The van der Waals surface area contributed by atoms with Gasteiger partial charge in [-0.25, -0.2) is 0 Å². The lowest BCUT2D eigenvalue weighted by molar-refractivity contribution is -0.178. The molecule has 9 atom stereocenters. The minimum Gasteiger partial charge on any atom is -0.379 e. The zero-order valence-electron chi connectivity index (χ0n) is 21.1. The molecule has 3 saturated carbocycles. The van der Waals surface area contributed by atoms with Gasteiger partial charge in [0.2, 0.25) is 5.91 Å². The first-order chi connectivity index (χ1) is 17.0. The van der Waals surface area contributed by atoms with E-state index in [-0.39, 0.29) is 59.4 Å². The smallest absolute Gasteiger partial charge is 0.379 e. The lowest BCUT2D eigenvalue weighted by Gasteiger charge is -2.48. The number of fused-ring (bicyclic) bond motifs is 3. The van der Waals surface area contributed by atoms with Gasteiger partial charge in [-0.1, -0.05) is 0 Å². The van der Waals surface area contributed by atoms with Gasteiger partial charge in [0.15, 0.2) is 0 Å². The molecular formula is C24H37F3N2O6S. The summed E-state index contributed by atoms with van der Waals surface area (Å²) in [6, 6.07) is -0.403. The first-order valence-electron chi connectivity index (χ1n) is 12.3. The van der Waals surface area contributed by atoms with Gasteiger partial charge >= 0.3 is 12.1 Å². The van der Waals surface area contributed by atoms with Gasteiger partial charge in [-0.3, -0.25) is 14.4 Å². The van der Waals surface area contributed by atoms with Crippen LogP contribution >= 0.6 is 11.8 Å². The SMILES string of the molecule is COC1CC2CC[C@H](NC(=O)CNC(=O)C(F)(F)F)C3CC(=O)C(SC)CCC3C2C(OC)C1OC. The van der Waals surface area contributed by atoms with Crippen molar-refractivity contribution in [1.29, 1.82) is 0 Å². The fourth-order valence-electron chi connectivity index (χ4n) is 6.71. The predicted molar refractivity (Wildman–Crippen MR) is 127 cm³/mol. The number of hydrogen-bond acceptors (Lipinski definition) is 7. The highest BCUT2D eigenvalue weighted by atomic mass is 32.2. The average Bonchev–Trinajstić information content (AvgIpc) is 3.09. The first-order valence-corrected chi connectivity index (χ1v) is 13.6. The molecule has 3 aliphatic rings. The Balaban J connectivity index is 1.88. The Kier molecular flexibility index (Phi) is 10.1. The van der Waals surface area contributed by atoms with Crippen molar-refractivity contribution < 1.29 is 41.8 Å². The molecule has 2 N–H and O–H groups in total. The monoisotopic (exact) mass is 538 g/mol. The molecular weight excluding hydrogens is 501 g/mol. The van der Waals surface area contributed by atoms with Gasteiger partial charge in [0.1, 0.15) is 11.9 Å². The molecule has 0 radical (unpaired) electrons. The average molecular weight is 539 g/mol. The molecule has 0 bridgehead atoms. The van der Waals surface area contributed by atoms with E-state index in [0.29, 0.717) is 12.8 Å². The third-order valence-corrected chi connectivity index (χ3v) is 9.33. The van der Waals surface area contributed by atoms with Crippen LogP contribution in [0.3, 0.4) is 0 Å². The fourth-order valence-corrected chi connectivity index (χ4v) is 7.44. The summed E-state index contributed by atoms with van der Waals surface area (Å²) in [7, 11) is 4.94. The van der Waals surface area contributed by atoms with Crippen LogP contribution in [0.4, 0.5) is 13.2 Å². The number of Topliss-reactive ketones (excluding diaryl/α,β-unsaturated/α-hetero) is 1. The number of nitrogens with one attached hydrogen (secondary N) is 2. The molecule has 0 heterocycles. The topological polar surface area (TPSA) is 103 Å². The highest BCUT2D eigenvalue weighted by Gasteiger charge is 2.53. The zero-order chi connectivity index (χ0) is 26.6. The predicted octanol–water partition coefficient (Wildman–Crippen LogP) is 2.34. The number of amides is 2. The largest absolute Gasteiger partial charge is 0.471 e.